The van der Waals surface area contributed by atoms with Crippen molar-refractivity contribution in [2.24, 2.45) is 0 Å². The van der Waals surface area contributed by atoms with Crippen LogP contribution in [0.3, 0.4) is 0 Å². The van der Waals surface area contributed by atoms with Crippen LogP contribution in [0.4, 0.5) is 0 Å². The first kappa shape index (κ1) is 16.1. The average Bonchev–Trinajstić information content (AvgIpc) is 2.33. The molecular formula is C16H26O. The molecule has 0 fully saturated rings. The zero-order valence-corrected chi connectivity index (χ0v) is 11.4. The summed E-state index contributed by atoms with van der Waals surface area (Å²) in [5.74, 6) is 11.4. The smallest absolute Gasteiger partial charge is 0.115 e. The lowest BCUT2D eigenvalue weighted by Crippen LogP contribution is -2.01. The Kier molecular flexibility index (Phi) is 12.4. The second-order valence-corrected chi connectivity index (χ2v) is 4.39. The van der Waals surface area contributed by atoms with E-state index < -0.39 is 6.10 Å². The Labute approximate surface area is 107 Å². The highest BCUT2D eigenvalue weighted by Gasteiger charge is 1.96. The molecule has 1 heteroatoms. The lowest BCUT2D eigenvalue weighted by Gasteiger charge is -2.00. The topological polar surface area (TPSA) is 20.2 Å². The van der Waals surface area contributed by atoms with Gasteiger partial charge in [0.05, 0.1) is 0 Å². The molecule has 0 radical (unpaired) electrons. The summed E-state index contributed by atoms with van der Waals surface area (Å²) in [5.41, 5.74) is 0. The molecule has 1 nitrogen and oxygen atoms in total. The van der Waals surface area contributed by atoms with E-state index in [-0.39, 0.29) is 0 Å². The second-order valence-electron chi connectivity index (χ2n) is 4.39. The number of hydrogen-bond donors (Lipinski definition) is 1. The first-order valence-electron chi connectivity index (χ1n) is 6.97. The van der Waals surface area contributed by atoms with E-state index in [1.807, 2.05) is 0 Å². The Morgan fingerprint density at radius 3 is 2.29 bits per heavy atom. The maximum Gasteiger partial charge on any atom is 0.115 e. The van der Waals surface area contributed by atoms with Crippen LogP contribution in [0.5, 0.6) is 0 Å². The molecule has 1 unspecified atom stereocenters. The zero-order valence-electron chi connectivity index (χ0n) is 11.4. The number of unbranched alkanes of at least 4 members (excludes halogenated alkanes) is 6. The van der Waals surface area contributed by atoms with Crippen LogP contribution < -0.4 is 0 Å². The summed E-state index contributed by atoms with van der Waals surface area (Å²) in [6.07, 6.45) is 9.60. The summed E-state index contributed by atoms with van der Waals surface area (Å²) >= 11 is 0. The van der Waals surface area contributed by atoms with Gasteiger partial charge in [0.15, 0.2) is 0 Å². The lowest BCUT2D eigenvalue weighted by molar-refractivity contribution is 0.217. The molecule has 0 amide bonds. The monoisotopic (exact) mass is 234 g/mol. The molecule has 17 heavy (non-hydrogen) atoms. The zero-order chi connectivity index (χ0) is 12.8. The van der Waals surface area contributed by atoms with Crippen LogP contribution in [-0.4, -0.2) is 11.2 Å². The highest BCUT2D eigenvalue weighted by Crippen LogP contribution is 2.02. The van der Waals surface area contributed by atoms with Crippen LogP contribution in [0.2, 0.25) is 0 Å². The van der Waals surface area contributed by atoms with E-state index >= 15 is 0 Å². The Bertz CT molecular complexity index is 271. The van der Waals surface area contributed by atoms with E-state index in [4.69, 9.17) is 0 Å². The number of rotatable bonds is 8. The van der Waals surface area contributed by atoms with Crippen LogP contribution >= 0.6 is 0 Å². The average molecular weight is 234 g/mol. The van der Waals surface area contributed by atoms with Crippen molar-refractivity contribution in [1.29, 1.82) is 0 Å². The van der Waals surface area contributed by atoms with Gasteiger partial charge in [-0.15, -0.1) is 0 Å². The minimum atomic E-state index is -0.490. The minimum Gasteiger partial charge on any atom is -0.380 e. The number of hydrogen-bond acceptors (Lipinski definition) is 1. The summed E-state index contributed by atoms with van der Waals surface area (Å²) < 4.78 is 0. The fourth-order valence-electron chi connectivity index (χ4n) is 1.53. The van der Waals surface area contributed by atoms with Crippen molar-refractivity contribution in [1.82, 2.24) is 0 Å². The molecule has 0 bridgehead atoms. The van der Waals surface area contributed by atoms with Gasteiger partial charge < -0.3 is 5.11 Å². The third kappa shape index (κ3) is 13.0. The van der Waals surface area contributed by atoms with E-state index in [0.29, 0.717) is 0 Å². The van der Waals surface area contributed by atoms with Crippen molar-refractivity contribution >= 4 is 0 Å². The standard InChI is InChI=1S/C16H26O/c1-3-5-7-8-9-10-11-13-15-16(17)14-12-6-4-2/h16-17H,3-9,12,14H2,1-2H3. The van der Waals surface area contributed by atoms with Gasteiger partial charge >= 0.3 is 0 Å². The third-order valence-corrected chi connectivity index (χ3v) is 2.63. The van der Waals surface area contributed by atoms with E-state index in [1.54, 1.807) is 0 Å². The summed E-state index contributed by atoms with van der Waals surface area (Å²) in [6.45, 7) is 4.36. The molecule has 0 aromatic heterocycles. The van der Waals surface area contributed by atoms with Gasteiger partial charge in [-0.05, 0) is 31.1 Å². The van der Waals surface area contributed by atoms with Gasteiger partial charge in [0.1, 0.15) is 6.10 Å². The van der Waals surface area contributed by atoms with E-state index in [1.165, 1.54) is 38.5 Å². The van der Waals surface area contributed by atoms with Crippen LogP contribution in [0.25, 0.3) is 0 Å². The molecule has 0 heterocycles. The summed E-state index contributed by atoms with van der Waals surface area (Å²) in [5, 5.41) is 9.51. The van der Waals surface area contributed by atoms with Gasteiger partial charge in [-0.25, -0.2) is 0 Å². The van der Waals surface area contributed by atoms with Gasteiger partial charge in [0.25, 0.3) is 0 Å². The van der Waals surface area contributed by atoms with Gasteiger partial charge in [0, 0.05) is 6.42 Å². The fourth-order valence-corrected chi connectivity index (χ4v) is 1.53. The van der Waals surface area contributed by atoms with E-state index in [2.05, 4.69) is 37.5 Å². The lowest BCUT2D eigenvalue weighted by atomic mass is 10.1. The molecule has 0 aromatic carbocycles. The Hall–Kier alpha value is -0.920. The number of aliphatic hydroxyl groups excluding tert-OH is 1. The van der Waals surface area contributed by atoms with Crippen molar-refractivity contribution < 1.29 is 5.11 Å². The van der Waals surface area contributed by atoms with Gasteiger partial charge in [-0.3, -0.25) is 0 Å². The van der Waals surface area contributed by atoms with Crippen molar-refractivity contribution in [3.8, 4) is 23.7 Å². The highest BCUT2D eigenvalue weighted by atomic mass is 16.3. The summed E-state index contributed by atoms with van der Waals surface area (Å²) in [6, 6.07) is 0. The Morgan fingerprint density at radius 2 is 1.59 bits per heavy atom. The van der Waals surface area contributed by atoms with Crippen molar-refractivity contribution in [3.63, 3.8) is 0 Å². The molecule has 0 aliphatic carbocycles. The third-order valence-electron chi connectivity index (χ3n) is 2.63. The Morgan fingerprint density at radius 1 is 0.882 bits per heavy atom. The quantitative estimate of drug-likeness (QED) is 0.499. The van der Waals surface area contributed by atoms with E-state index in [9.17, 15) is 5.11 Å². The molecule has 0 aliphatic heterocycles. The van der Waals surface area contributed by atoms with Crippen LogP contribution in [-0.2, 0) is 0 Å². The maximum absolute atomic E-state index is 9.51. The summed E-state index contributed by atoms with van der Waals surface area (Å²) in [7, 11) is 0. The van der Waals surface area contributed by atoms with Crippen LogP contribution in [0.15, 0.2) is 0 Å². The van der Waals surface area contributed by atoms with Crippen molar-refractivity contribution in [2.45, 2.75) is 77.7 Å². The van der Waals surface area contributed by atoms with Crippen molar-refractivity contribution in [3.05, 3.63) is 0 Å². The van der Waals surface area contributed by atoms with Gasteiger partial charge in [0.2, 0.25) is 0 Å². The van der Waals surface area contributed by atoms with E-state index in [0.717, 1.165) is 19.3 Å². The van der Waals surface area contributed by atoms with Crippen LogP contribution in [0.1, 0.15) is 71.6 Å². The second kappa shape index (κ2) is 13.1. The molecule has 0 aromatic rings. The maximum atomic E-state index is 9.51. The predicted molar refractivity (Wildman–Crippen MR) is 74.5 cm³/mol. The first-order valence-corrected chi connectivity index (χ1v) is 6.97. The normalized spacial score (nSPS) is 11.0. The minimum absolute atomic E-state index is 0.490. The van der Waals surface area contributed by atoms with Gasteiger partial charge in [-0.2, -0.15) is 0 Å². The van der Waals surface area contributed by atoms with Crippen LogP contribution in [0, 0.1) is 23.7 Å². The Balaban J connectivity index is 3.54. The fraction of sp³-hybridized carbons (Fsp3) is 0.750. The molecule has 0 saturated carbocycles. The molecule has 0 spiro atoms. The van der Waals surface area contributed by atoms with Crippen molar-refractivity contribution in [2.75, 3.05) is 0 Å². The molecule has 0 saturated heterocycles. The number of aliphatic hydroxyl groups is 1. The largest absolute Gasteiger partial charge is 0.380 e. The first-order chi connectivity index (χ1) is 8.31. The predicted octanol–water partition coefficient (Wildman–Crippen LogP) is 3.90. The van der Waals surface area contributed by atoms with Gasteiger partial charge in [-0.1, -0.05) is 57.8 Å². The molecule has 1 N–H and O–H groups in total. The molecular weight excluding hydrogens is 208 g/mol. The SMILES string of the molecule is CCCCCCC#CC#CC(O)CCCCC. The molecule has 0 rings (SSSR count). The highest BCUT2D eigenvalue weighted by molar-refractivity contribution is 5.27. The molecule has 96 valence electrons. The molecule has 1 atom stereocenters. The molecule has 0 aliphatic rings. The summed E-state index contributed by atoms with van der Waals surface area (Å²) in [4.78, 5) is 0.